The molecule has 6 nitrogen and oxygen atoms in total. The zero-order chi connectivity index (χ0) is 18.2. The number of ketones is 1. The maximum atomic E-state index is 12.2. The molecule has 136 valence electrons. The summed E-state index contributed by atoms with van der Waals surface area (Å²) < 4.78 is 5.06. The van der Waals surface area contributed by atoms with E-state index in [2.05, 4.69) is 0 Å². The summed E-state index contributed by atoms with van der Waals surface area (Å²) in [5.74, 6) is 0.171. The zero-order valence-electron chi connectivity index (χ0n) is 14.6. The first-order chi connectivity index (χ1) is 12.0. The smallest absolute Gasteiger partial charge is 0.303 e. The molecule has 1 aliphatic rings. The fourth-order valence-corrected chi connectivity index (χ4v) is 3.11. The number of rotatable bonds is 8. The highest BCUT2D eigenvalue weighted by Crippen LogP contribution is 2.21. The van der Waals surface area contributed by atoms with Gasteiger partial charge in [0.25, 0.3) is 0 Å². The Labute approximate surface area is 147 Å². The second-order valence-corrected chi connectivity index (χ2v) is 6.43. The second kappa shape index (κ2) is 9.20. The van der Waals surface area contributed by atoms with Crippen LogP contribution in [0, 0.1) is 5.92 Å². The van der Waals surface area contributed by atoms with Crippen LogP contribution in [0.1, 0.15) is 48.9 Å². The summed E-state index contributed by atoms with van der Waals surface area (Å²) in [5, 5.41) is 8.81. The Morgan fingerprint density at radius 2 is 1.76 bits per heavy atom. The third kappa shape index (κ3) is 5.89. The number of hydrogen-bond acceptors (Lipinski definition) is 4. The van der Waals surface area contributed by atoms with Crippen LogP contribution in [-0.4, -0.2) is 47.9 Å². The van der Waals surface area contributed by atoms with Crippen LogP contribution in [0.5, 0.6) is 5.75 Å². The lowest BCUT2D eigenvalue weighted by Crippen LogP contribution is -2.38. The number of likely N-dealkylation sites (tertiary alicyclic amines) is 1. The quantitative estimate of drug-likeness (QED) is 0.731. The predicted octanol–water partition coefficient (Wildman–Crippen LogP) is 2.76. The topological polar surface area (TPSA) is 83.9 Å². The number of carboxylic acid groups (broad SMARTS) is 1. The molecule has 1 aliphatic heterocycles. The van der Waals surface area contributed by atoms with Crippen molar-refractivity contribution < 1.29 is 24.2 Å². The van der Waals surface area contributed by atoms with Crippen molar-refractivity contribution in [1.29, 1.82) is 0 Å². The van der Waals surface area contributed by atoms with Crippen LogP contribution in [-0.2, 0) is 9.59 Å². The minimum atomic E-state index is -0.776. The Morgan fingerprint density at radius 3 is 2.32 bits per heavy atom. The predicted molar refractivity (Wildman–Crippen MR) is 92.7 cm³/mol. The summed E-state index contributed by atoms with van der Waals surface area (Å²) in [6, 6.07) is 6.96. The molecule has 0 unspecified atom stereocenters. The number of Topliss-reactive ketones (excluding diaryl/α,β-unsaturated/α-hetero) is 1. The van der Waals surface area contributed by atoms with E-state index in [1.807, 2.05) is 0 Å². The van der Waals surface area contributed by atoms with Crippen LogP contribution in [0.3, 0.4) is 0 Å². The van der Waals surface area contributed by atoms with E-state index in [4.69, 9.17) is 9.84 Å². The number of carbonyl (C=O) groups excluding carboxylic acids is 2. The highest BCUT2D eigenvalue weighted by atomic mass is 16.5. The zero-order valence-corrected chi connectivity index (χ0v) is 14.6. The van der Waals surface area contributed by atoms with Gasteiger partial charge in [0.15, 0.2) is 5.78 Å². The molecule has 0 spiro atoms. The van der Waals surface area contributed by atoms with Crippen molar-refractivity contribution >= 4 is 17.7 Å². The molecule has 0 bridgehead atoms. The van der Waals surface area contributed by atoms with Gasteiger partial charge in [0.1, 0.15) is 5.75 Å². The van der Waals surface area contributed by atoms with E-state index in [1.165, 1.54) is 0 Å². The van der Waals surface area contributed by atoms with Crippen molar-refractivity contribution in [3.05, 3.63) is 29.8 Å². The van der Waals surface area contributed by atoms with Gasteiger partial charge in [-0.2, -0.15) is 0 Å². The van der Waals surface area contributed by atoms with Crippen molar-refractivity contribution in [2.45, 2.75) is 38.5 Å². The number of aliphatic carboxylic acids is 1. The van der Waals surface area contributed by atoms with Gasteiger partial charge < -0.3 is 14.7 Å². The molecule has 1 amide bonds. The van der Waals surface area contributed by atoms with Crippen molar-refractivity contribution in [2.24, 2.45) is 5.92 Å². The molecule has 0 saturated carbocycles. The largest absolute Gasteiger partial charge is 0.497 e. The number of piperidine rings is 1. The molecule has 0 atom stereocenters. The number of methoxy groups -OCH3 is 1. The first kappa shape index (κ1) is 19.0. The average Bonchev–Trinajstić information content (AvgIpc) is 2.61. The Kier molecular flexibility index (Phi) is 6.98. The molecule has 25 heavy (non-hydrogen) atoms. The van der Waals surface area contributed by atoms with Crippen LogP contribution >= 0.6 is 0 Å². The first-order valence-corrected chi connectivity index (χ1v) is 8.66. The van der Waals surface area contributed by atoms with Crippen LogP contribution < -0.4 is 4.74 Å². The third-order valence-corrected chi connectivity index (χ3v) is 4.64. The number of carbonyl (C=O) groups is 3. The lowest BCUT2D eigenvalue weighted by Gasteiger charge is -2.31. The van der Waals surface area contributed by atoms with E-state index in [-0.39, 0.29) is 24.0 Å². The highest BCUT2D eigenvalue weighted by molar-refractivity contribution is 5.96. The molecule has 1 heterocycles. The van der Waals surface area contributed by atoms with Crippen LogP contribution in [0.4, 0.5) is 0 Å². The molecule has 0 radical (unpaired) electrons. The second-order valence-electron chi connectivity index (χ2n) is 6.43. The maximum absolute atomic E-state index is 12.2. The first-order valence-electron chi connectivity index (χ1n) is 8.66. The van der Waals surface area contributed by atoms with Gasteiger partial charge in [-0.25, -0.2) is 0 Å². The molecule has 1 aromatic rings. The Hall–Kier alpha value is -2.37. The van der Waals surface area contributed by atoms with Crippen molar-refractivity contribution in [3.8, 4) is 5.75 Å². The van der Waals surface area contributed by atoms with E-state index in [0.717, 1.165) is 12.8 Å². The van der Waals surface area contributed by atoms with Crippen molar-refractivity contribution in [3.63, 3.8) is 0 Å². The Bertz CT molecular complexity index is 603. The van der Waals surface area contributed by atoms with Crippen molar-refractivity contribution in [2.75, 3.05) is 20.2 Å². The number of ether oxygens (including phenoxy) is 1. The lowest BCUT2D eigenvalue weighted by atomic mass is 9.93. The molecule has 6 heteroatoms. The van der Waals surface area contributed by atoms with E-state index in [1.54, 1.807) is 36.3 Å². The van der Waals surface area contributed by atoms with Gasteiger partial charge in [-0.05, 0) is 49.4 Å². The summed E-state index contributed by atoms with van der Waals surface area (Å²) in [5.41, 5.74) is 0.628. The minimum absolute atomic E-state index is 0.0237. The molecule has 2 rings (SSSR count). The standard InChI is InChI=1S/C19H25NO5/c1-25-16-7-5-15(6-8-16)17(21)3-2-4-18(22)20-11-9-14(10-12-20)13-19(23)24/h5-8,14H,2-4,9-13H2,1H3,(H,23,24). The highest BCUT2D eigenvalue weighted by Gasteiger charge is 2.24. The summed E-state index contributed by atoms with van der Waals surface area (Å²) in [4.78, 5) is 36.8. The maximum Gasteiger partial charge on any atom is 0.303 e. The van der Waals surface area contributed by atoms with Gasteiger partial charge in [-0.3, -0.25) is 14.4 Å². The van der Waals surface area contributed by atoms with E-state index < -0.39 is 5.97 Å². The number of benzene rings is 1. The number of amides is 1. The lowest BCUT2D eigenvalue weighted by molar-refractivity contribution is -0.138. The van der Waals surface area contributed by atoms with E-state index >= 15 is 0 Å². The Morgan fingerprint density at radius 1 is 1.12 bits per heavy atom. The molecule has 1 aromatic carbocycles. The van der Waals surface area contributed by atoms with Gasteiger partial charge in [0.05, 0.1) is 7.11 Å². The third-order valence-electron chi connectivity index (χ3n) is 4.64. The summed E-state index contributed by atoms with van der Waals surface area (Å²) in [6.45, 7) is 1.23. The summed E-state index contributed by atoms with van der Waals surface area (Å²) >= 11 is 0. The molecule has 1 N–H and O–H groups in total. The average molecular weight is 347 g/mol. The molecule has 0 aliphatic carbocycles. The summed E-state index contributed by atoms with van der Waals surface area (Å²) in [7, 11) is 1.58. The fourth-order valence-electron chi connectivity index (χ4n) is 3.11. The molecule has 0 aromatic heterocycles. The van der Waals surface area contributed by atoms with Crippen LogP contribution in [0.2, 0.25) is 0 Å². The SMILES string of the molecule is COc1ccc(C(=O)CCCC(=O)N2CCC(CC(=O)O)CC2)cc1. The number of carboxylic acids is 1. The molecular weight excluding hydrogens is 322 g/mol. The van der Waals surface area contributed by atoms with Gasteiger partial charge >= 0.3 is 5.97 Å². The fraction of sp³-hybridized carbons (Fsp3) is 0.526. The molecule has 1 saturated heterocycles. The van der Waals surface area contributed by atoms with Crippen LogP contribution in [0.25, 0.3) is 0 Å². The van der Waals surface area contributed by atoms with Gasteiger partial charge in [0, 0.05) is 37.9 Å². The van der Waals surface area contributed by atoms with E-state index in [0.29, 0.717) is 43.7 Å². The Balaban J connectivity index is 1.69. The van der Waals surface area contributed by atoms with Crippen LogP contribution in [0.15, 0.2) is 24.3 Å². The molecular formula is C19H25NO5. The van der Waals surface area contributed by atoms with Gasteiger partial charge in [-0.15, -0.1) is 0 Å². The minimum Gasteiger partial charge on any atom is -0.497 e. The van der Waals surface area contributed by atoms with E-state index in [9.17, 15) is 14.4 Å². The van der Waals surface area contributed by atoms with Crippen molar-refractivity contribution in [1.82, 2.24) is 4.90 Å². The van der Waals surface area contributed by atoms with Gasteiger partial charge in [0.2, 0.25) is 5.91 Å². The normalized spacial score (nSPS) is 15.0. The monoisotopic (exact) mass is 347 g/mol. The summed E-state index contributed by atoms with van der Waals surface area (Å²) in [6.07, 6.45) is 2.88. The van der Waals surface area contributed by atoms with Gasteiger partial charge in [-0.1, -0.05) is 0 Å². The molecule has 1 fully saturated rings. The number of nitrogens with zero attached hydrogens (tertiary/aromatic N) is 1. The number of hydrogen-bond donors (Lipinski definition) is 1.